The second-order valence-electron chi connectivity index (χ2n) is 9.13. The number of carboxylic acids is 1. The molecular weight excluding hydrogens is 425 g/mol. The highest BCUT2D eigenvalue weighted by molar-refractivity contribution is 5.90. The van der Waals surface area contributed by atoms with Gasteiger partial charge in [0.1, 0.15) is 6.54 Å². The number of halogens is 3. The second kappa shape index (κ2) is 6.26. The van der Waals surface area contributed by atoms with Crippen molar-refractivity contribution in [3.05, 3.63) is 46.3 Å². The van der Waals surface area contributed by atoms with Crippen molar-refractivity contribution < 1.29 is 27.9 Å². The zero-order valence-electron chi connectivity index (χ0n) is 17.3. The Labute approximate surface area is 181 Å². The minimum atomic E-state index is -4.40. The van der Waals surface area contributed by atoms with Crippen molar-refractivity contribution >= 4 is 17.6 Å². The third-order valence-electron chi connectivity index (χ3n) is 7.57. The fraction of sp³-hybridized carbons (Fsp3) is 0.500. The van der Waals surface area contributed by atoms with Crippen molar-refractivity contribution in [2.45, 2.75) is 31.5 Å². The fourth-order valence-electron chi connectivity index (χ4n) is 5.91. The van der Waals surface area contributed by atoms with Gasteiger partial charge >= 0.3 is 12.1 Å². The number of carbonyl (C=O) groups excluding carboxylic acids is 1. The number of piperazine rings is 1. The molecule has 4 aliphatic carbocycles. The van der Waals surface area contributed by atoms with E-state index in [4.69, 9.17) is 0 Å². The summed E-state index contributed by atoms with van der Waals surface area (Å²) in [5.41, 5.74) is 1.91. The molecule has 10 heteroatoms. The van der Waals surface area contributed by atoms with Crippen LogP contribution in [0.3, 0.4) is 0 Å². The van der Waals surface area contributed by atoms with Crippen LogP contribution in [0, 0.1) is 18.8 Å². The van der Waals surface area contributed by atoms with Crippen LogP contribution in [0.4, 0.5) is 18.9 Å². The average molecular weight is 446 g/mol. The molecule has 2 bridgehead atoms. The first-order chi connectivity index (χ1) is 15.2. The van der Waals surface area contributed by atoms with Gasteiger partial charge in [0.15, 0.2) is 5.69 Å². The van der Waals surface area contributed by atoms with Crippen LogP contribution in [0.2, 0.25) is 0 Å². The zero-order chi connectivity index (χ0) is 22.5. The summed E-state index contributed by atoms with van der Waals surface area (Å²) in [6, 6.07) is 4.17. The van der Waals surface area contributed by atoms with Gasteiger partial charge in [-0.2, -0.15) is 18.3 Å². The lowest BCUT2D eigenvalue weighted by atomic mass is 10.0. The van der Waals surface area contributed by atoms with E-state index < -0.39 is 17.7 Å². The standard InChI is InChI=1S/C22H21F3N4O3/c1-10-11(22(23,24)25)3-2-4-12(10)27-5-7-28(8-6-27)13(30)9-29-20-17-14-15(17)16(14)18(20)19(26-29)21(31)32/h2-4,14-17H,5-9H2,1H3,(H,31,32)/t14-,15?,16?,17?/m0/s1. The number of aromatic nitrogens is 2. The molecular formula is C22H21F3N4O3. The van der Waals surface area contributed by atoms with Gasteiger partial charge < -0.3 is 14.9 Å². The summed E-state index contributed by atoms with van der Waals surface area (Å²) in [7, 11) is 0. The summed E-state index contributed by atoms with van der Waals surface area (Å²) in [5.74, 6) is 0.605. The molecule has 4 atom stereocenters. The highest BCUT2D eigenvalue weighted by atomic mass is 19.4. The number of benzene rings is 1. The van der Waals surface area contributed by atoms with Crippen molar-refractivity contribution in [2.24, 2.45) is 11.8 Å². The molecule has 1 aromatic carbocycles. The largest absolute Gasteiger partial charge is 0.476 e. The summed E-state index contributed by atoms with van der Waals surface area (Å²) in [6.07, 6.45) is -4.40. The van der Waals surface area contributed by atoms with Gasteiger partial charge in [-0.3, -0.25) is 9.48 Å². The quantitative estimate of drug-likeness (QED) is 0.782. The molecule has 7 nitrogen and oxygen atoms in total. The summed E-state index contributed by atoms with van der Waals surface area (Å²) < 4.78 is 41.3. The molecule has 1 saturated heterocycles. The molecule has 1 amide bonds. The maximum absolute atomic E-state index is 13.2. The van der Waals surface area contributed by atoms with E-state index in [0.717, 1.165) is 17.3 Å². The van der Waals surface area contributed by atoms with Crippen molar-refractivity contribution in [2.75, 3.05) is 31.1 Å². The summed E-state index contributed by atoms with van der Waals surface area (Å²) in [4.78, 5) is 28.0. The number of carbonyl (C=O) groups is 2. The Bertz CT molecular complexity index is 1160. The van der Waals surface area contributed by atoms with Crippen LogP contribution >= 0.6 is 0 Å². The lowest BCUT2D eigenvalue weighted by Crippen LogP contribution is -2.50. The molecule has 2 heterocycles. The first-order valence-electron chi connectivity index (χ1n) is 10.7. The van der Waals surface area contributed by atoms with Crippen molar-refractivity contribution in [3.8, 4) is 0 Å². The van der Waals surface area contributed by atoms with Gasteiger partial charge in [0, 0.05) is 49.0 Å². The van der Waals surface area contributed by atoms with Gasteiger partial charge in [0.2, 0.25) is 5.91 Å². The minimum absolute atomic E-state index is 0.000853. The van der Waals surface area contributed by atoms with E-state index in [9.17, 15) is 27.9 Å². The molecule has 5 aliphatic rings. The van der Waals surface area contributed by atoms with Gasteiger partial charge in [0.05, 0.1) is 5.56 Å². The van der Waals surface area contributed by atoms with Crippen molar-refractivity contribution in [1.29, 1.82) is 0 Å². The topological polar surface area (TPSA) is 78.7 Å². The molecule has 0 radical (unpaired) electrons. The second-order valence-corrected chi connectivity index (χ2v) is 9.13. The van der Waals surface area contributed by atoms with Crippen LogP contribution < -0.4 is 4.90 Å². The lowest BCUT2D eigenvalue weighted by molar-refractivity contribution is -0.138. The SMILES string of the molecule is Cc1c(N2CCN(C(=O)Cn3nc(C(=O)O)c4c3C3C5C4[C@@H]35)CC2)cccc1C(F)(F)F. The van der Waals surface area contributed by atoms with E-state index in [2.05, 4.69) is 5.10 Å². The van der Waals surface area contributed by atoms with Crippen LogP contribution in [-0.2, 0) is 17.5 Å². The molecule has 2 aromatic rings. The number of amides is 1. The van der Waals surface area contributed by atoms with E-state index >= 15 is 0 Å². The predicted molar refractivity (Wildman–Crippen MR) is 107 cm³/mol. The lowest BCUT2D eigenvalue weighted by Gasteiger charge is -2.37. The Hall–Kier alpha value is -3.04. The Kier molecular flexibility index (Phi) is 3.84. The smallest absolute Gasteiger partial charge is 0.416 e. The summed E-state index contributed by atoms with van der Waals surface area (Å²) in [6.45, 7) is 3.12. The number of aromatic carboxylic acids is 1. The number of hydrogen-bond donors (Lipinski definition) is 1. The van der Waals surface area contributed by atoms with Crippen LogP contribution in [0.15, 0.2) is 18.2 Å². The zero-order valence-corrected chi connectivity index (χ0v) is 17.3. The highest BCUT2D eigenvalue weighted by Crippen LogP contribution is 2.88. The average Bonchev–Trinajstić information content (AvgIpc) is 3.50. The Morgan fingerprint density at radius 3 is 2.44 bits per heavy atom. The predicted octanol–water partition coefficient (Wildman–Crippen LogP) is 2.70. The molecule has 2 saturated carbocycles. The van der Waals surface area contributed by atoms with Crippen molar-refractivity contribution in [1.82, 2.24) is 14.7 Å². The Balaban J connectivity index is 1.14. The van der Waals surface area contributed by atoms with Crippen LogP contribution in [-0.4, -0.2) is 57.8 Å². The number of rotatable bonds is 4. The van der Waals surface area contributed by atoms with E-state index in [0.29, 0.717) is 55.5 Å². The van der Waals surface area contributed by atoms with E-state index in [-0.39, 0.29) is 23.7 Å². The van der Waals surface area contributed by atoms with Gasteiger partial charge in [-0.15, -0.1) is 0 Å². The van der Waals surface area contributed by atoms with Crippen molar-refractivity contribution in [3.63, 3.8) is 0 Å². The number of alkyl halides is 3. The maximum Gasteiger partial charge on any atom is 0.416 e. The van der Waals surface area contributed by atoms with E-state index in [1.54, 1.807) is 15.6 Å². The molecule has 1 aliphatic heterocycles. The van der Waals surface area contributed by atoms with E-state index in [1.165, 1.54) is 13.0 Å². The molecule has 32 heavy (non-hydrogen) atoms. The molecule has 3 fully saturated rings. The number of anilines is 1. The third kappa shape index (κ3) is 2.64. The highest BCUT2D eigenvalue weighted by Gasteiger charge is 2.81. The van der Waals surface area contributed by atoms with Crippen LogP contribution in [0.5, 0.6) is 0 Å². The molecule has 7 rings (SSSR count). The van der Waals surface area contributed by atoms with Gasteiger partial charge in [0.25, 0.3) is 0 Å². The molecule has 3 unspecified atom stereocenters. The van der Waals surface area contributed by atoms with Gasteiger partial charge in [-0.25, -0.2) is 4.79 Å². The van der Waals surface area contributed by atoms with Gasteiger partial charge in [-0.05, 0) is 42.4 Å². The Morgan fingerprint density at radius 2 is 1.81 bits per heavy atom. The number of carboxylic acid groups (broad SMARTS) is 1. The molecule has 1 N–H and O–H groups in total. The third-order valence-corrected chi connectivity index (χ3v) is 7.57. The summed E-state index contributed by atoms with van der Waals surface area (Å²) in [5, 5.41) is 13.7. The maximum atomic E-state index is 13.2. The minimum Gasteiger partial charge on any atom is -0.476 e. The van der Waals surface area contributed by atoms with Crippen LogP contribution in [0.25, 0.3) is 0 Å². The Morgan fingerprint density at radius 1 is 1.12 bits per heavy atom. The number of hydrogen-bond acceptors (Lipinski definition) is 4. The first-order valence-corrected chi connectivity index (χ1v) is 10.7. The number of nitrogens with zero attached hydrogens (tertiary/aromatic N) is 4. The monoisotopic (exact) mass is 446 g/mol. The normalized spacial score (nSPS) is 27.2. The first kappa shape index (κ1) is 19.6. The summed E-state index contributed by atoms with van der Waals surface area (Å²) >= 11 is 0. The fourth-order valence-corrected chi connectivity index (χ4v) is 5.91. The molecule has 168 valence electrons. The molecule has 1 aromatic heterocycles. The molecule has 0 spiro atoms. The van der Waals surface area contributed by atoms with Crippen LogP contribution in [0.1, 0.15) is 44.7 Å². The van der Waals surface area contributed by atoms with E-state index in [1.807, 2.05) is 4.90 Å². The van der Waals surface area contributed by atoms with Gasteiger partial charge in [-0.1, -0.05) is 6.07 Å².